The van der Waals surface area contributed by atoms with E-state index in [0.717, 1.165) is 5.56 Å². The van der Waals surface area contributed by atoms with E-state index in [1.807, 2.05) is 44.2 Å². The lowest BCUT2D eigenvalue weighted by Gasteiger charge is -2.23. The lowest BCUT2D eigenvalue weighted by Crippen LogP contribution is -2.53. The van der Waals surface area contributed by atoms with Gasteiger partial charge in [-0.15, -0.1) is 0 Å². The van der Waals surface area contributed by atoms with Crippen LogP contribution in [0.5, 0.6) is 0 Å². The Labute approximate surface area is 149 Å². The Morgan fingerprint density at radius 2 is 1.48 bits per heavy atom. The van der Waals surface area contributed by atoms with Crippen LogP contribution in [0.25, 0.3) is 0 Å². The maximum Gasteiger partial charge on any atom is 0.326 e. The number of rotatable bonds is 9. The highest BCUT2D eigenvalue weighted by Crippen LogP contribution is 2.08. The Morgan fingerprint density at radius 1 is 0.920 bits per heavy atom. The topological polar surface area (TPSA) is 95.5 Å². The average Bonchev–Trinajstić information content (AvgIpc) is 2.53. The van der Waals surface area contributed by atoms with Crippen LogP contribution in [-0.2, 0) is 20.8 Å². The number of carbonyl (C=O) groups is 3. The molecule has 2 atom stereocenters. The van der Waals surface area contributed by atoms with E-state index in [0.29, 0.717) is 12.8 Å². The van der Waals surface area contributed by atoms with E-state index >= 15 is 0 Å². The molecule has 0 saturated heterocycles. The first-order valence-electron chi connectivity index (χ1n) is 8.58. The van der Waals surface area contributed by atoms with Gasteiger partial charge in [-0.05, 0) is 17.9 Å². The lowest BCUT2D eigenvalue weighted by atomic mass is 10.0. The van der Waals surface area contributed by atoms with E-state index in [1.54, 1.807) is 13.8 Å². The highest BCUT2D eigenvalue weighted by Gasteiger charge is 2.27. The van der Waals surface area contributed by atoms with Crippen LogP contribution in [0.3, 0.4) is 0 Å². The number of nitrogens with one attached hydrogen (secondary N) is 2. The minimum Gasteiger partial charge on any atom is -0.480 e. The van der Waals surface area contributed by atoms with Gasteiger partial charge in [0, 0.05) is 12.3 Å². The molecular weight excluding hydrogens is 320 g/mol. The van der Waals surface area contributed by atoms with Crippen LogP contribution in [-0.4, -0.2) is 35.0 Å². The molecule has 6 heteroatoms. The van der Waals surface area contributed by atoms with E-state index in [2.05, 4.69) is 10.6 Å². The molecule has 0 spiro atoms. The molecule has 3 N–H and O–H groups in total. The maximum absolute atomic E-state index is 12.6. The molecule has 1 aromatic carbocycles. The summed E-state index contributed by atoms with van der Waals surface area (Å²) in [5, 5.41) is 14.6. The Bertz CT molecular complexity index is 584. The largest absolute Gasteiger partial charge is 0.480 e. The van der Waals surface area contributed by atoms with Crippen LogP contribution in [0.2, 0.25) is 0 Å². The molecule has 0 bridgehead atoms. The summed E-state index contributed by atoms with van der Waals surface area (Å²) in [5.41, 5.74) is 0.891. The number of hydrogen-bond acceptors (Lipinski definition) is 3. The predicted molar refractivity (Wildman–Crippen MR) is 95.9 cm³/mol. The fraction of sp³-hybridized carbons (Fsp3) is 0.526. The van der Waals surface area contributed by atoms with E-state index in [-0.39, 0.29) is 17.7 Å². The quantitative estimate of drug-likeness (QED) is 0.636. The van der Waals surface area contributed by atoms with Crippen molar-refractivity contribution in [2.24, 2.45) is 11.8 Å². The van der Waals surface area contributed by atoms with Crippen molar-refractivity contribution < 1.29 is 19.5 Å². The van der Waals surface area contributed by atoms with Gasteiger partial charge in [-0.25, -0.2) is 4.79 Å². The third-order valence-corrected chi connectivity index (χ3v) is 3.76. The first-order chi connectivity index (χ1) is 11.7. The fourth-order valence-corrected chi connectivity index (χ4v) is 2.36. The molecule has 25 heavy (non-hydrogen) atoms. The van der Waals surface area contributed by atoms with Crippen LogP contribution >= 0.6 is 0 Å². The standard InChI is InChI=1S/C19H28N2O4/c1-12(2)10-16(19(24)25)21-18(23)15(20-17(22)13(3)4)11-14-8-6-5-7-9-14/h5-9,12-13,15-16H,10-11H2,1-4H3,(H,20,22)(H,21,23)(H,24,25). The van der Waals surface area contributed by atoms with Crippen molar-refractivity contribution in [3.8, 4) is 0 Å². The summed E-state index contributed by atoms with van der Waals surface area (Å²) < 4.78 is 0. The SMILES string of the molecule is CC(C)CC(NC(=O)C(Cc1ccccc1)NC(=O)C(C)C)C(=O)O. The number of benzene rings is 1. The lowest BCUT2D eigenvalue weighted by molar-refractivity contribution is -0.142. The van der Waals surface area contributed by atoms with Gasteiger partial charge in [-0.2, -0.15) is 0 Å². The van der Waals surface area contributed by atoms with Crippen molar-refractivity contribution in [1.29, 1.82) is 0 Å². The number of carboxylic acids is 1. The summed E-state index contributed by atoms with van der Waals surface area (Å²) in [6, 6.07) is 7.53. The van der Waals surface area contributed by atoms with Gasteiger partial charge in [-0.1, -0.05) is 58.0 Å². The Hall–Kier alpha value is -2.37. The van der Waals surface area contributed by atoms with Gasteiger partial charge in [0.15, 0.2) is 0 Å². The van der Waals surface area contributed by atoms with E-state index in [9.17, 15) is 19.5 Å². The number of carboxylic acid groups (broad SMARTS) is 1. The Kier molecular flexibility index (Phi) is 8.11. The van der Waals surface area contributed by atoms with Gasteiger partial charge in [0.1, 0.15) is 12.1 Å². The van der Waals surface area contributed by atoms with Crippen LogP contribution in [0.4, 0.5) is 0 Å². The van der Waals surface area contributed by atoms with Crippen molar-refractivity contribution in [2.45, 2.75) is 52.6 Å². The van der Waals surface area contributed by atoms with Crippen LogP contribution < -0.4 is 10.6 Å². The third kappa shape index (κ3) is 7.37. The second-order valence-electron chi connectivity index (χ2n) is 6.93. The highest BCUT2D eigenvalue weighted by molar-refractivity contribution is 5.91. The van der Waals surface area contributed by atoms with Crippen molar-refractivity contribution in [3.05, 3.63) is 35.9 Å². The monoisotopic (exact) mass is 348 g/mol. The molecule has 0 fully saturated rings. The first-order valence-corrected chi connectivity index (χ1v) is 8.58. The zero-order valence-electron chi connectivity index (χ0n) is 15.3. The van der Waals surface area contributed by atoms with E-state index in [4.69, 9.17) is 0 Å². The number of aliphatic carboxylic acids is 1. The number of hydrogen-bond donors (Lipinski definition) is 3. The van der Waals surface area contributed by atoms with Crippen molar-refractivity contribution >= 4 is 17.8 Å². The third-order valence-electron chi connectivity index (χ3n) is 3.76. The summed E-state index contributed by atoms with van der Waals surface area (Å²) >= 11 is 0. The molecule has 0 saturated carbocycles. The molecule has 1 rings (SSSR count). The molecule has 0 heterocycles. The summed E-state index contributed by atoms with van der Waals surface area (Å²) in [7, 11) is 0. The zero-order valence-corrected chi connectivity index (χ0v) is 15.3. The predicted octanol–water partition coefficient (Wildman–Crippen LogP) is 1.99. The molecule has 0 aliphatic carbocycles. The molecule has 138 valence electrons. The Balaban J connectivity index is 2.90. The van der Waals surface area contributed by atoms with Gasteiger partial charge >= 0.3 is 5.97 Å². The molecule has 2 amide bonds. The van der Waals surface area contributed by atoms with Crippen LogP contribution in [0.15, 0.2) is 30.3 Å². The van der Waals surface area contributed by atoms with Crippen molar-refractivity contribution in [3.63, 3.8) is 0 Å². The zero-order chi connectivity index (χ0) is 19.0. The molecular formula is C19H28N2O4. The maximum atomic E-state index is 12.6. The molecule has 0 radical (unpaired) electrons. The van der Waals surface area contributed by atoms with Gasteiger partial charge in [0.25, 0.3) is 0 Å². The average molecular weight is 348 g/mol. The summed E-state index contributed by atoms with van der Waals surface area (Å²) in [4.78, 5) is 36.0. The van der Waals surface area contributed by atoms with Crippen LogP contribution in [0, 0.1) is 11.8 Å². The summed E-state index contributed by atoms with van der Waals surface area (Å²) in [5.74, 6) is -1.94. The van der Waals surface area contributed by atoms with E-state index in [1.165, 1.54) is 0 Å². The van der Waals surface area contributed by atoms with Gasteiger partial charge in [0.05, 0.1) is 0 Å². The molecule has 1 aromatic rings. The fourth-order valence-electron chi connectivity index (χ4n) is 2.36. The summed E-state index contributed by atoms with van der Waals surface area (Å²) in [6.07, 6.45) is 0.635. The summed E-state index contributed by atoms with van der Waals surface area (Å²) in [6.45, 7) is 7.27. The smallest absolute Gasteiger partial charge is 0.326 e. The molecule has 6 nitrogen and oxygen atoms in total. The number of amides is 2. The van der Waals surface area contributed by atoms with E-state index < -0.39 is 24.0 Å². The molecule has 0 aromatic heterocycles. The van der Waals surface area contributed by atoms with Crippen molar-refractivity contribution in [1.82, 2.24) is 10.6 Å². The molecule has 2 unspecified atom stereocenters. The molecule has 0 aliphatic heterocycles. The first kappa shape index (κ1) is 20.7. The van der Waals surface area contributed by atoms with Gasteiger partial charge in [0.2, 0.25) is 11.8 Å². The normalized spacial score (nSPS) is 13.4. The van der Waals surface area contributed by atoms with Crippen molar-refractivity contribution in [2.75, 3.05) is 0 Å². The number of carbonyl (C=O) groups excluding carboxylic acids is 2. The second-order valence-corrected chi connectivity index (χ2v) is 6.93. The second kappa shape index (κ2) is 9.81. The Morgan fingerprint density at radius 3 is 1.96 bits per heavy atom. The minimum atomic E-state index is -1.07. The van der Waals surface area contributed by atoms with Gasteiger partial charge < -0.3 is 15.7 Å². The highest BCUT2D eigenvalue weighted by atomic mass is 16.4. The molecule has 0 aliphatic rings. The minimum absolute atomic E-state index is 0.124. The van der Waals surface area contributed by atoms with Gasteiger partial charge in [-0.3, -0.25) is 9.59 Å². The van der Waals surface area contributed by atoms with Crippen LogP contribution in [0.1, 0.15) is 39.7 Å².